The minimum atomic E-state index is -0.488. The lowest BCUT2D eigenvalue weighted by Gasteiger charge is -2.36. The highest BCUT2D eigenvalue weighted by Crippen LogP contribution is 2.48. The van der Waals surface area contributed by atoms with E-state index in [1.54, 1.807) is 11.8 Å². The fourth-order valence-corrected chi connectivity index (χ4v) is 4.99. The van der Waals surface area contributed by atoms with E-state index in [2.05, 4.69) is 42.5 Å². The van der Waals surface area contributed by atoms with Gasteiger partial charge in [-0.2, -0.15) is 5.26 Å². The Labute approximate surface area is 176 Å². The summed E-state index contributed by atoms with van der Waals surface area (Å²) in [5.41, 5.74) is 3.42. The number of benzene rings is 3. The van der Waals surface area contributed by atoms with Gasteiger partial charge in [0.1, 0.15) is 6.10 Å². The van der Waals surface area contributed by atoms with E-state index in [9.17, 15) is 10.1 Å². The molecule has 0 radical (unpaired) electrons. The van der Waals surface area contributed by atoms with Crippen molar-refractivity contribution in [2.45, 2.75) is 24.2 Å². The summed E-state index contributed by atoms with van der Waals surface area (Å²) in [4.78, 5) is 11.5. The number of nitrogens with zero attached hydrogens (tertiary/aromatic N) is 1. The van der Waals surface area contributed by atoms with Gasteiger partial charge in [-0.05, 0) is 16.7 Å². The summed E-state index contributed by atoms with van der Waals surface area (Å²) >= 11 is 1.69. The van der Waals surface area contributed by atoms with Crippen molar-refractivity contribution in [2.24, 2.45) is 0 Å². The quantitative estimate of drug-likeness (QED) is 0.366. The third kappa shape index (κ3) is 4.88. The molecular formula is C25H23NO2S. The molecule has 0 heterocycles. The number of rotatable bonds is 8. The Bertz CT molecular complexity index is 856. The van der Waals surface area contributed by atoms with Crippen LogP contribution in [0.4, 0.5) is 0 Å². The maximum Gasteiger partial charge on any atom is 0.302 e. The fourth-order valence-electron chi connectivity index (χ4n) is 3.46. The molecule has 146 valence electrons. The molecule has 3 aromatic carbocycles. The van der Waals surface area contributed by atoms with Gasteiger partial charge in [-0.15, -0.1) is 11.8 Å². The third-order valence-electron chi connectivity index (χ3n) is 4.68. The molecule has 0 bridgehead atoms. The van der Waals surface area contributed by atoms with Gasteiger partial charge >= 0.3 is 5.97 Å². The van der Waals surface area contributed by atoms with Crippen molar-refractivity contribution in [1.29, 1.82) is 5.26 Å². The van der Waals surface area contributed by atoms with E-state index in [0.29, 0.717) is 5.75 Å². The van der Waals surface area contributed by atoms with Gasteiger partial charge in [-0.25, -0.2) is 0 Å². The fraction of sp³-hybridized carbons (Fsp3) is 0.200. The molecule has 0 spiro atoms. The van der Waals surface area contributed by atoms with Crippen LogP contribution in [0.2, 0.25) is 0 Å². The van der Waals surface area contributed by atoms with Gasteiger partial charge in [0.15, 0.2) is 0 Å². The molecule has 0 saturated heterocycles. The second kappa shape index (κ2) is 9.95. The number of nitriles is 1. The minimum Gasteiger partial charge on any atom is -0.461 e. The smallest absolute Gasteiger partial charge is 0.302 e. The zero-order valence-corrected chi connectivity index (χ0v) is 17.1. The number of carbonyl (C=O) groups is 1. The Balaban J connectivity index is 2.12. The van der Waals surface area contributed by atoms with Crippen LogP contribution in [0.1, 0.15) is 30.0 Å². The van der Waals surface area contributed by atoms with E-state index in [-0.39, 0.29) is 12.4 Å². The maximum absolute atomic E-state index is 11.5. The molecule has 0 amide bonds. The number of ether oxygens (including phenoxy) is 1. The number of hydrogen-bond donors (Lipinski definition) is 0. The topological polar surface area (TPSA) is 50.1 Å². The largest absolute Gasteiger partial charge is 0.461 e. The Morgan fingerprint density at radius 3 is 1.66 bits per heavy atom. The summed E-state index contributed by atoms with van der Waals surface area (Å²) in [5, 5.41) is 9.18. The lowest BCUT2D eigenvalue weighted by molar-refractivity contribution is -0.144. The van der Waals surface area contributed by atoms with Crippen LogP contribution in [0.5, 0.6) is 0 Å². The first-order valence-electron chi connectivity index (χ1n) is 9.51. The van der Waals surface area contributed by atoms with Crippen molar-refractivity contribution in [3.63, 3.8) is 0 Å². The molecular weight excluding hydrogens is 378 g/mol. The predicted octanol–water partition coefficient (Wildman–Crippen LogP) is 5.56. The zero-order valence-electron chi connectivity index (χ0n) is 16.3. The SMILES string of the molecule is CC(=O)O[C@H](CC#N)CSC(c1ccccc1)(c1ccccc1)c1ccccc1. The third-order valence-corrected chi connectivity index (χ3v) is 6.36. The molecule has 29 heavy (non-hydrogen) atoms. The first-order chi connectivity index (χ1) is 14.2. The molecule has 0 aromatic heterocycles. The summed E-state index contributed by atoms with van der Waals surface area (Å²) in [5.74, 6) is 0.141. The Morgan fingerprint density at radius 2 is 1.31 bits per heavy atom. The van der Waals surface area contributed by atoms with Gasteiger partial charge in [-0.3, -0.25) is 4.79 Å². The molecule has 0 fully saturated rings. The summed E-state index contributed by atoms with van der Waals surface area (Å²) in [6, 6.07) is 33.1. The average Bonchev–Trinajstić information content (AvgIpc) is 2.76. The van der Waals surface area contributed by atoms with Crippen LogP contribution in [0, 0.1) is 11.3 Å². The second-order valence-electron chi connectivity index (χ2n) is 6.68. The van der Waals surface area contributed by atoms with Crippen LogP contribution in [0.25, 0.3) is 0 Å². The Hall–Kier alpha value is -3.03. The molecule has 3 rings (SSSR count). The molecule has 1 atom stereocenters. The van der Waals surface area contributed by atoms with Gasteiger partial charge in [-0.1, -0.05) is 91.0 Å². The van der Waals surface area contributed by atoms with Gasteiger partial charge < -0.3 is 4.74 Å². The standard InChI is InChI=1S/C25H23NO2S/c1-20(27)28-24(17-18-26)19-29-25(21-11-5-2-6-12-21,22-13-7-3-8-14-22)23-15-9-4-10-16-23/h2-16,24H,17,19H2,1H3/t24-/m1/s1. The number of hydrogen-bond acceptors (Lipinski definition) is 4. The highest BCUT2D eigenvalue weighted by atomic mass is 32.2. The summed E-state index contributed by atoms with van der Waals surface area (Å²) in [6.45, 7) is 1.38. The normalized spacial score (nSPS) is 12.0. The first-order valence-corrected chi connectivity index (χ1v) is 10.5. The summed E-state index contributed by atoms with van der Waals surface area (Å²) < 4.78 is 4.92. The van der Waals surface area contributed by atoms with Crippen molar-refractivity contribution < 1.29 is 9.53 Å². The van der Waals surface area contributed by atoms with Crippen LogP contribution >= 0.6 is 11.8 Å². The van der Waals surface area contributed by atoms with Crippen LogP contribution in [0.15, 0.2) is 91.0 Å². The van der Waals surface area contributed by atoms with E-state index in [4.69, 9.17) is 4.74 Å². The van der Waals surface area contributed by atoms with Crippen molar-refractivity contribution in [2.75, 3.05) is 5.75 Å². The lowest BCUT2D eigenvalue weighted by atomic mass is 9.84. The van der Waals surface area contributed by atoms with Crippen molar-refractivity contribution in [3.05, 3.63) is 108 Å². The zero-order chi connectivity index (χ0) is 20.5. The van der Waals surface area contributed by atoms with Crippen molar-refractivity contribution >= 4 is 17.7 Å². The molecule has 0 aliphatic heterocycles. The van der Waals surface area contributed by atoms with Crippen molar-refractivity contribution in [3.8, 4) is 6.07 Å². The maximum atomic E-state index is 11.5. The van der Waals surface area contributed by atoms with Crippen LogP contribution in [-0.4, -0.2) is 17.8 Å². The molecule has 0 N–H and O–H groups in total. The van der Waals surface area contributed by atoms with Crippen LogP contribution in [-0.2, 0) is 14.3 Å². The highest BCUT2D eigenvalue weighted by Gasteiger charge is 2.37. The number of thioether (sulfide) groups is 1. The van der Waals surface area contributed by atoms with Crippen LogP contribution < -0.4 is 0 Å². The van der Waals surface area contributed by atoms with Crippen LogP contribution in [0.3, 0.4) is 0 Å². The molecule has 0 aliphatic rings. The Morgan fingerprint density at radius 1 is 0.897 bits per heavy atom. The average molecular weight is 402 g/mol. The molecule has 3 nitrogen and oxygen atoms in total. The molecule has 0 unspecified atom stereocenters. The van der Waals surface area contributed by atoms with E-state index >= 15 is 0 Å². The molecule has 0 saturated carbocycles. The van der Waals surface area contributed by atoms with E-state index in [1.165, 1.54) is 6.92 Å². The number of carbonyl (C=O) groups excluding carboxylic acids is 1. The monoisotopic (exact) mass is 401 g/mol. The van der Waals surface area contributed by atoms with Crippen molar-refractivity contribution in [1.82, 2.24) is 0 Å². The van der Waals surface area contributed by atoms with Gasteiger partial charge in [0.2, 0.25) is 0 Å². The van der Waals surface area contributed by atoms with E-state index < -0.39 is 10.9 Å². The summed E-state index contributed by atoms with van der Waals surface area (Å²) in [7, 11) is 0. The predicted molar refractivity (Wildman–Crippen MR) is 117 cm³/mol. The van der Waals surface area contributed by atoms with Gasteiger partial charge in [0, 0.05) is 12.7 Å². The minimum absolute atomic E-state index is 0.168. The van der Waals surface area contributed by atoms with E-state index in [1.807, 2.05) is 54.6 Å². The Kier molecular flexibility index (Phi) is 7.10. The lowest BCUT2D eigenvalue weighted by Crippen LogP contribution is -2.29. The number of esters is 1. The second-order valence-corrected chi connectivity index (χ2v) is 7.92. The van der Waals surface area contributed by atoms with Gasteiger partial charge in [0.25, 0.3) is 0 Å². The highest BCUT2D eigenvalue weighted by molar-refractivity contribution is 8.00. The summed E-state index contributed by atoms with van der Waals surface area (Å²) in [6.07, 6.45) is -0.292. The van der Waals surface area contributed by atoms with E-state index in [0.717, 1.165) is 16.7 Å². The first kappa shape index (κ1) is 20.7. The molecule has 4 heteroatoms. The molecule has 3 aromatic rings. The van der Waals surface area contributed by atoms with Gasteiger partial charge in [0.05, 0.1) is 17.2 Å². The molecule has 0 aliphatic carbocycles.